The van der Waals surface area contributed by atoms with Crippen LogP contribution in [0.5, 0.6) is 0 Å². The van der Waals surface area contributed by atoms with E-state index in [0.29, 0.717) is 11.5 Å². The summed E-state index contributed by atoms with van der Waals surface area (Å²) < 4.78 is 0. The molecule has 0 bridgehead atoms. The second kappa shape index (κ2) is 9.79. The topological polar surface area (TPSA) is 41.5 Å². The number of benzene rings is 2. The molecule has 0 aliphatic rings. The van der Waals surface area contributed by atoms with Crippen molar-refractivity contribution in [2.75, 3.05) is 5.75 Å². The third-order valence-electron chi connectivity index (χ3n) is 4.07. The van der Waals surface area contributed by atoms with Crippen LogP contribution in [0.4, 0.5) is 0 Å². The van der Waals surface area contributed by atoms with Gasteiger partial charge in [0.15, 0.2) is 0 Å². The molecule has 0 saturated heterocycles. The normalized spacial score (nSPS) is 12.1. The Labute approximate surface area is 165 Å². The van der Waals surface area contributed by atoms with Crippen LogP contribution in [0, 0.1) is 0 Å². The number of carbonyl (C=O) groups excluding carboxylic acids is 1. The summed E-state index contributed by atoms with van der Waals surface area (Å²) in [7, 11) is 0. The zero-order valence-electron chi connectivity index (χ0n) is 15.5. The molecule has 0 atom stereocenters. The van der Waals surface area contributed by atoms with E-state index in [0.717, 1.165) is 22.7 Å². The molecule has 0 saturated carbocycles. The molecule has 0 radical (unpaired) electrons. The second-order valence-electron chi connectivity index (χ2n) is 6.89. The molecule has 0 aromatic heterocycles. The summed E-state index contributed by atoms with van der Waals surface area (Å²) >= 11 is 7.64. The third kappa shape index (κ3) is 6.50. The van der Waals surface area contributed by atoms with Gasteiger partial charge in [-0.25, -0.2) is 5.43 Å². The van der Waals surface area contributed by atoms with Gasteiger partial charge in [0.2, 0.25) is 5.91 Å². The fourth-order valence-corrected chi connectivity index (χ4v) is 3.84. The summed E-state index contributed by atoms with van der Waals surface area (Å²) in [5.41, 5.74) is 5.83. The van der Waals surface area contributed by atoms with E-state index in [-0.39, 0.29) is 11.3 Å². The third-order valence-corrected chi connectivity index (χ3v) is 5.42. The molecule has 1 N–H and O–H groups in total. The summed E-state index contributed by atoms with van der Waals surface area (Å²) in [6, 6.07) is 18.0. The van der Waals surface area contributed by atoms with E-state index < -0.39 is 0 Å². The molecule has 2 aromatic carbocycles. The summed E-state index contributed by atoms with van der Waals surface area (Å²) in [5.74, 6) is 0.958. The number of nitrogens with one attached hydrogen (secondary N) is 1. The Bertz CT molecular complexity index is 760. The number of thioether (sulfide) groups is 1. The van der Waals surface area contributed by atoms with Crippen LogP contribution in [0.25, 0.3) is 0 Å². The van der Waals surface area contributed by atoms with E-state index in [1.165, 1.54) is 17.3 Å². The van der Waals surface area contributed by atoms with Gasteiger partial charge in [-0.1, -0.05) is 74.0 Å². The van der Waals surface area contributed by atoms with Crippen LogP contribution in [-0.4, -0.2) is 17.4 Å². The van der Waals surface area contributed by atoms with E-state index in [1.54, 1.807) is 0 Å². The van der Waals surface area contributed by atoms with Crippen LogP contribution in [0.1, 0.15) is 38.3 Å². The van der Waals surface area contributed by atoms with Crippen molar-refractivity contribution < 1.29 is 4.79 Å². The highest BCUT2D eigenvalue weighted by Gasteiger charge is 2.21. The van der Waals surface area contributed by atoms with E-state index in [4.69, 9.17) is 11.6 Å². The average Bonchev–Trinajstić information content (AvgIpc) is 2.62. The quantitative estimate of drug-likeness (QED) is 0.483. The second-order valence-corrected chi connectivity index (χ2v) is 8.29. The fourth-order valence-electron chi connectivity index (χ4n) is 2.73. The smallest absolute Gasteiger partial charge is 0.250 e. The van der Waals surface area contributed by atoms with Crippen molar-refractivity contribution in [1.82, 2.24) is 5.43 Å². The maximum Gasteiger partial charge on any atom is 0.250 e. The highest BCUT2D eigenvalue weighted by molar-refractivity contribution is 7.99. The Morgan fingerprint density at radius 1 is 1.12 bits per heavy atom. The van der Waals surface area contributed by atoms with Crippen molar-refractivity contribution >= 4 is 35.0 Å². The predicted molar refractivity (Wildman–Crippen MR) is 113 cm³/mol. The molecule has 3 nitrogen and oxygen atoms in total. The number of rotatable bonds is 8. The van der Waals surface area contributed by atoms with Gasteiger partial charge in [-0.15, -0.1) is 11.8 Å². The Balaban J connectivity index is 1.79. The number of nitrogens with zero attached hydrogens (tertiary/aromatic N) is 1. The first-order valence-corrected chi connectivity index (χ1v) is 10.1. The Kier molecular flexibility index (Phi) is 7.73. The van der Waals surface area contributed by atoms with E-state index in [1.807, 2.05) is 49.4 Å². The lowest BCUT2D eigenvalue weighted by atomic mass is 9.80. The lowest BCUT2D eigenvalue weighted by molar-refractivity contribution is -0.118. The van der Waals surface area contributed by atoms with Gasteiger partial charge < -0.3 is 0 Å². The van der Waals surface area contributed by atoms with Crippen LogP contribution < -0.4 is 5.43 Å². The van der Waals surface area contributed by atoms with Crippen LogP contribution >= 0.6 is 23.4 Å². The molecule has 2 aromatic rings. The van der Waals surface area contributed by atoms with E-state index in [2.05, 4.69) is 36.5 Å². The van der Waals surface area contributed by atoms with Crippen molar-refractivity contribution in [3.63, 3.8) is 0 Å². The Morgan fingerprint density at radius 2 is 1.77 bits per heavy atom. The van der Waals surface area contributed by atoms with Gasteiger partial charge in [-0.2, -0.15) is 5.10 Å². The summed E-state index contributed by atoms with van der Waals surface area (Å²) in [5, 5.41) is 4.99. The molecule has 138 valence electrons. The minimum Gasteiger partial charge on any atom is -0.272 e. The Hall–Kier alpha value is -1.78. The fraction of sp³-hybridized carbons (Fsp3) is 0.333. The number of hydrazone groups is 1. The van der Waals surface area contributed by atoms with Crippen molar-refractivity contribution in [1.29, 1.82) is 0 Å². The first kappa shape index (κ1) is 20.5. The molecular formula is C21H25ClN2OS. The molecule has 0 unspecified atom stereocenters. The number of amides is 1. The first-order valence-electron chi connectivity index (χ1n) is 8.57. The van der Waals surface area contributed by atoms with Gasteiger partial charge in [-0.05, 0) is 36.0 Å². The van der Waals surface area contributed by atoms with Gasteiger partial charge in [0.1, 0.15) is 0 Å². The largest absolute Gasteiger partial charge is 0.272 e. The Morgan fingerprint density at radius 3 is 2.46 bits per heavy atom. The lowest BCUT2D eigenvalue weighted by Gasteiger charge is -2.25. The monoisotopic (exact) mass is 388 g/mol. The zero-order valence-corrected chi connectivity index (χ0v) is 17.0. The van der Waals surface area contributed by atoms with Crippen molar-refractivity contribution in [2.45, 2.75) is 38.4 Å². The lowest BCUT2D eigenvalue weighted by Crippen LogP contribution is -2.25. The molecule has 1 amide bonds. The molecule has 0 aliphatic carbocycles. The maximum atomic E-state index is 12.0. The average molecular weight is 389 g/mol. The molecule has 0 fully saturated rings. The minimum absolute atomic E-state index is 0.0294. The highest BCUT2D eigenvalue weighted by atomic mass is 35.5. The van der Waals surface area contributed by atoms with Crippen LogP contribution in [0.15, 0.2) is 59.7 Å². The van der Waals surface area contributed by atoms with Gasteiger partial charge in [-0.3, -0.25) is 4.79 Å². The number of hydrogen-bond donors (Lipinski definition) is 1. The van der Waals surface area contributed by atoms with E-state index >= 15 is 0 Å². The van der Waals surface area contributed by atoms with Gasteiger partial charge in [0.05, 0.1) is 5.75 Å². The number of hydrogen-bond acceptors (Lipinski definition) is 3. The predicted octanol–water partition coefficient (Wildman–Crippen LogP) is 5.43. The minimum atomic E-state index is -0.0982. The molecule has 2 rings (SSSR count). The molecule has 0 spiro atoms. The molecule has 26 heavy (non-hydrogen) atoms. The summed E-state index contributed by atoms with van der Waals surface area (Å²) in [4.78, 5) is 12.0. The van der Waals surface area contributed by atoms with Crippen LogP contribution in [0.2, 0.25) is 5.02 Å². The van der Waals surface area contributed by atoms with Crippen molar-refractivity contribution in [2.24, 2.45) is 5.10 Å². The number of halogens is 1. The van der Waals surface area contributed by atoms with Crippen molar-refractivity contribution in [3.05, 3.63) is 70.7 Å². The van der Waals surface area contributed by atoms with Gasteiger partial charge >= 0.3 is 0 Å². The molecule has 0 heterocycles. The SMILES string of the molecule is C/C(CC(C)(C)c1ccccc1)=N/NC(=O)CSCc1ccccc1Cl. The standard InChI is InChI=1S/C21H25ClN2OS/c1-16(13-21(2,3)18-10-5-4-6-11-18)23-24-20(25)15-26-14-17-9-7-8-12-19(17)22/h4-12H,13-15H2,1-3H3,(H,24,25)/b23-16-. The summed E-state index contributed by atoms with van der Waals surface area (Å²) in [6.45, 7) is 6.31. The maximum absolute atomic E-state index is 12.0. The molecule has 5 heteroatoms. The van der Waals surface area contributed by atoms with Crippen molar-refractivity contribution in [3.8, 4) is 0 Å². The van der Waals surface area contributed by atoms with E-state index in [9.17, 15) is 4.79 Å². The first-order chi connectivity index (χ1) is 12.4. The summed E-state index contributed by atoms with van der Waals surface area (Å²) in [6.07, 6.45) is 0.782. The van der Waals surface area contributed by atoms with Crippen LogP contribution in [-0.2, 0) is 16.0 Å². The number of carbonyl (C=O) groups is 1. The zero-order chi connectivity index (χ0) is 19.0. The van der Waals surface area contributed by atoms with Gasteiger partial charge in [0, 0.05) is 16.5 Å². The van der Waals surface area contributed by atoms with Crippen LogP contribution in [0.3, 0.4) is 0 Å². The molecular weight excluding hydrogens is 364 g/mol. The van der Waals surface area contributed by atoms with Gasteiger partial charge in [0.25, 0.3) is 0 Å². The molecule has 0 aliphatic heterocycles. The highest BCUT2D eigenvalue weighted by Crippen LogP contribution is 2.27.